The summed E-state index contributed by atoms with van der Waals surface area (Å²) in [5.41, 5.74) is 1.34. The Balaban J connectivity index is 1.50. The molecule has 6 heteroatoms. The summed E-state index contributed by atoms with van der Waals surface area (Å²) in [6, 6.07) is 12.6. The number of nitrogens with zero attached hydrogens (tertiary/aromatic N) is 3. The van der Waals surface area contributed by atoms with Gasteiger partial charge in [-0.25, -0.2) is 0 Å². The highest BCUT2D eigenvalue weighted by Crippen LogP contribution is 2.16. The molecule has 2 heterocycles. The lowest BCUT2D eigenvalue weighted by molar-refractivity contribution is -0.132. The van der Waals surface area contributed by atoms with E-state index in [-0.39, 0.29) is 30.6 Å². The molecule has 1 amide bonds. The molecule has 0 bridgehead atoms. The van der Waals surface area contributed by atoms with Gasteiger partial charge >= 0.3 is 0 Å². The smallest absolute Gasteiger partial charge is 0.227 e. The predicted molar refractivity (Wildman–Crippen MR) is 91.5 cm³/mol. The summed E-state index contributed by atoms with van der Waals surface area (Å²) in [5, 5.41) is 15.3. The molecule has 2 saturated heterocycles. The molecule has 0 aliphatic carbocycles. The summed E-state index contributed by atoms with van der Waals surface area (Å²) < 4.78 is 0. The molecule has 0 saturated carbocycles. The highest BCUT2D eigenvalue weighted by atomic mass is 16.2. The Morgan fingerprint density at radius 1 is 1.21 bits per heavy atom. The van der Waals surface area contributed by atoms with Gasteiger partial charge in [0.05, 0.1) is 12.0 Å². The van der Waals surface area contributed by atoms with Gasteiger partial charge in [0.15, 0.2) is 0 Å². The zero-order valence-electron chi connectivity index (χ0n) is 14.1. The zero-order valence-corrected chi connectivity index (χ0v) is 14.1. The minimum atomic E-state index is -0.259. The highest BCUT2D eigenvalue weighted by Gasteiger charge is 2.36. The van der Waals surface area contributed by atoms with Crippen molar-refractivity contribution < 1.29 is 4.79 Å². The van der Waals surface area contributed by atoms with Gasteiger partial charge in [0.1, 0.15) is 6.29 Å². The van der Waals surface area contributed by atoms with E-state index >= 15 is 0 Å². The first-order valence-electron chi connectivity index (χ1n) is 8.61. The van der Waals surface area contributed by atoms with Crippen molar-refractivity contribution in [1.29, 1.82) is 5.26 Å². The van der Waals surface area contributed by atoms with Crippen LogP contribution in [0.4, 0.5) is 0 Å². The van der Waals surface area contributed by atoms with Crippen LogP contribution in [0.2, 0.25) is 0 Å². The van der Waals surface area contributed by atoms with Crippen molar-refractivity contribution in [2.24, 2.45) is 5.92 Å². The molecule has 3 rings (SSSR count). The van der Waals surface area contributed by atoms with Crippen LogP contribution in [0.15, 0.2) is 30.3 Å². The third-order valence-corrected chi connectivity index (χ3v) is 4.97. The van der Waals surface area contributed by atoms with E-state index in [0.717, 1.165) is 32.7 Å². The number of benzene rings is 1. The van der Waals surface area contributed by atoms with Gasteiger partial charge in [-0.15, -0.1) is 0 Å². The second-order valence-electron chi connectivity index (χ2n) is 6.63. The highest BCUT2D eigenvalue weighted by molar-refractivity contribution is 5.80. The number of hydrogen-bond acceptors (Lipinski definition) is 5. The van der Waals surface area contributed by atoms with E-state index < -0.39 is 0 Å². The number of rotatable bonds is 4. The fourth-order valence-electron chi connectivity index (χ4n) is 3.46. The van der Waals surface area contributed by atoms with Crippen LogP contribution >= 0.6 is 0 Å². The minimum absolute atomic E-state index is 0.0143. The van der Waals surface area contributed by atoms with Gasteiger partial charge in [0, 0.05) is 45.2 Å². The molecule has 0 aromatic heterocycles. The van der Waals surface area contributed by atoms with Crippen molar-refractivity contribution in [3.8, 4) is 6.07 Å². The van der Waals surface area contributed by atoms with Crippen LogP contribution in [0.1, 0.15) is 18.9 Å². The molecule has 128 valence electrons. The number of nitriles is 1. The van der Waals surface area contributed by atoms with Crippen LogP contribution in [-0.2, 0) is 11.3 Å². The van der Waals surface area contributed by atoms with E-state index in [0.29, 0.717) is 0 Å². The molecule has 0 radical (unpaired) electrons. The minimum Gasteiger partial charge on any atom is -0.328 e. The topological polar surface area (TPSA) is 71.4 Å². The van der Waals surface area contributed by atoms with Gasteiger partial charge in [-0.05, 0) is 12.5 Å². The summed E-state index contributed by atoms with van der Waals surface area (Å²) in [6.07, 6.45) is 0.138. The number of carbonyl (C=O) groups is 1. The predicted octanol–water partition coefficient (Wildman–Crippen LogP) is 0.726. The van der Waals surface area contributed by atoms with Gasteiger partial charge in [-0.1, -0.05) is 30.3 Å². The number of hydrogen-bond donors (Lipinski definition) is 2. The number of nitrogens with one attached hydrogen (secondary N) is 2. The number of amides is 1. The molecule has 6 nitrogen and oxygen atoms in total. The van der Waals surface area contributed by atoms with Crippen LogP contribution in [0, 0.1) is 17.2 Å². The molecule has 3 atom stereocenters. The van der Waals surface area contributed by atoms with Gasteiger partial charge in [-0.2, -0.15) is 5.26 Å². The number of carbonyl (C=O) groups excluding carboxylic acids is 1. The van der Waals surface area contributed by atoms with E-state index in [1.165, 1.54) is 5.56 Å². The quantitative estimate of drug-likeness (QED) is 0.853. The van der Waals surface area contributed by atoms with Crippen molar-refractivity contribution in [2.45, 2.75) is 32.2 Å². The van der Waals surface area contributed by atoms with Gasteiger partial charge < -0.3 is 5.32 Å². The lowest BCUT2D eigenvalue weighted by Gasteiger charge is -2.44. The van der Waals surface area contributed by atoms with Crippen LogP contribution in [0.25, 0.3) is 0 Å². The lowest BCUT2D eigenvalue weighted by Crippen LogP contribution is -2.68. The molecule has 1 aromatic rings. The molecule has 2 fully saturated rings. The van der Waals surface area contributed by atoms with Crippen molar-refractivity contribution in [2.75, 3.05) is 26.2 Å². The first kappa shape index (κ1) is 16.9. The molecule has 2 N–H and O–H groups in total. The largest absolute Gasteiger partial charge is 0.328 e. The van der Waals surface area contributed by atoms with E-state index in [1.807, 2.05) is 13.0 Å². The average molecular weight is 327 g/mol. The molecular weight excluding hydrogens is 302 g/mol. The molecule has 1 aromatic carbocycles. The zero-order chi connectivity index (χ0) is 16.9. The Morgan fingerprint density at radius 3 is 2.54 bits per heavy atom. The van der Waals surface area contributed by atoms with Crippen LogP contribution in [-0.4, -0.2) is 54.2 Å². The van der Waals surface area contributed by atoms with Crippen molar-refractivity contribution in [3.63, 3.8) is 0 Å². The molecule has 2 aliphatic rings. The van der Waals surface area contributed by atoms with Crippen molar-refractivity contribution in [1.82, 2.24) is 20.4 Å². The van der Waals surface area contributed by atoms with E-state index in [1.54, 1.807) is 0 Å². The second kappa shape index (κ2) is 7.75. The van der Waals surface area contributed by atoms with Gasteiger partial charge in [0.2, 0.25) is 5.91 Å². The monoisotopic (exact) mass is 327 g/mol. The van der Waals surface area contributed by atoms with E-state index in [4.69, 9.17) is 5.26 Å². The van der Waals surface area contributed by atoms with Crippen molar-refractivity contribution in [3.05, 3.63) is 35.9 Å². The third kappa shape index (κ3) is 3.93. The maximum absolute atomic E-state index is 12.2. The standard InChI is InChI=1S/C18H25N5O/c1-14-16(7-8-19)17(24)21-18(20-14)23-11-9-22(10-12-23)13-15-5-3-2-4-6-15/h2-6,14,16,18,20H,7,9-13H2,1H3,(H,21,24). The summed E-state index contributed by atoms with van der Waals surface area (Å²) in [7, 11) is 0. The first-order valence-corrected chi connectivity index (χ1v) is 8.61. The Kier molecular flexibility index (Phi) is 5.46. The Bertz CT molecular complexity index is 591. The fourth-order valence-corrected chi connectivity index (χ4v) is 3.46. The van der Waals surface area contributed by atoms with Gasteiger partial charge in [-0.3, -0.25) is 19.9 Å². The van der Waals surface area contributed by atoms with Crippen LogP contribution < -0.4 is 10.6 Å². The summed E-state index contributed by atoms with van der Waals surface area (Å²) >= 11 is 0. The van der Waals surface area contributed by atoms with Crippen LogP contribution in [0.3, 0.4) is 0 Å². The Labute approximate surface area is 143 Å². The molecular formula is C18H25N5O. The van der Waals surface area contributed by atoms with Crippen LogP contribution in [0.5, 0.6) is 0 Å². The van der Waals surface area contributed by atoms with E-state index in [2.05, 4.69) is 50.8 Å². The molecule has 3 unspecified atom stereocenters. The van der Waals surface area contributed by atoms with Crippen molar-refractivity contribution >= 4 is 5.91 Å². The summed E-state index contributed by atoms with van der Waals surface area (Å²) in [4.78, 5) is 16.9. The maximum Gasteiger partial charge on any atom is 0.227 e. The van der Waals surface area contributed by atoms with Gasteiger partial charge in [0.25, 0.3) is 0 Å². The maximum atomic E-state index is 12.2. The fraction of sp³-hybridized carbons (Fsp3) is 0.556. The molecule has 24 heavy (non-hydrogen) atoms. The normalized spacial score (nSPS) is 29.0. The second-order valence-corrected chi connectivity index (χ2v) is 6.63. The number of piperazine rings is 1. The Hall–Kier alpha value is -1.94. The summed E-state index contributed by atoms with van der Waals surface area (Å²) in [6.45, 7) is 6.76. The lowest BCUT2D eigenvalue weighted by atomic mass is 9.95. The first-order chi connectivity index (χ1) is 11.7. The average Bonchev–Trinajstić information content (AvgIpc) is 2.59. The Morgan fingerprint density at radius 2 is 1.92 bits per heavy atom. The third-order valence-electron chi connectivity index (χ3n) is 4.97. The molecule has 2 aliphatic heterocycles. The SMILES string of the molecule is CC1NC(N2CCN(Cc3ccccc3)CC2)NC(=O)C1CC#N. The summed E-state index contributed by atoms with van der Waals surface area (Å²) in [5.74, 6) is -0.273. The van der Waals surface area contributed by atoms with E-state index in [9.17, 15) is 4.79 Å². The molecule has 0 spiro atoms.